The van der Waals surface area contributed by atoms with E-state index in [0.717, 1.165) is 35.2 Å². The fourth-order valence-corrected chi connectivity index (χ4v) is 5.57. The minimum Gasteiger partial charge on any atom is -0.481 e. The first-order valence-corrected chi connectivity index (χ1v) is 15.5. The van der Waals surface area contributed by atoms with Crippen molar-refractivity contribution in [3.05, 3.63) is 88.3 Å². The molecule has 1 aromatic carbocycles. The molecule has 3 aromatic heterocycles. The summed E-state index contributed by atoms with van der Waals surface area (Å²) in [5.41, 5.74) is 6.31. The number of ether oxygens (including phenoxy) is 2. The third-order valence-corrected chi connectivity index (χ3v) is 8.18. The van der Waals surface area contributed by atoms with E-state index in [1.54, 1.807) is 32.7 Å². The highest BCUT2D eigenvalue weighted by Crippen LogP contribution is 2.38. The van der Waals surface area contributed by atoms with Gasteiger partial charge in [-0.15, -0.1) is 0 Å². The molecule has 240 valence electrons. The minimum absolute atomic E-state index is 0.0945. The number of methoxy groups -OCH3 is 2. The maximum Gasteiger partial charge on any atom is 0.274 e. The molecule has 4 N–H and O–H groups in total. The molecule has 1 aliphatic heterocycles. The maximum absolute atomic E-state index is 13.1. The van der Waals surface area contributed by atoms with Crippen molar-refractivity contribution in [1.29, 1.82) is 0 Å². The molecule has 5 rings (SSSR count). The molecule has 0 aliphatic carbocycles. The highest BCUT2D eigenvalue weighted by molar-refractivity contribution is 6.35. The molecule has 4 aromatic rings. The highest BCUT2D eigenvalue weighted by atomic mass is 35.5. The van der Waals surface area contributed by atoms with Gasteiger partial charge in [0, 0.05) is 80.5 Å². The van der Waals surface area contributed by atoms with E-state index in [9.17, 15) is 9.59 Å². The second-order valence-electron chi connectivity index (χ2n) is 11.0. The van der Waals surface area contributed by atoms with Gasteiger partial charge in [0.1, 0.15) is 5.69 Å². The first kappa shape index (κ1) is 33.0. The molecular weight excluding hydrogens is 606 g/mol. The fourth-order valence-electron chi connectivity index (χ4n) is 5.26. The first-order chi connectivity index (χ1) is 22.4. The predicted octanol–water partition coefficient (Wildman–Crippen LogP) is 4.53. The Morgan fingerprint density at radius 2 is 1.91 bits per heavy atom. The molecule has 0 spiro atoms. The van der Waals surface area contributed by atoms with Crippen molar-refractivity contribution in [2.45, 2.75) is 38.9 Å². The third kappa shape index (κ3) is 8.04. The molecule has 11 nitrogen and oxygen atoms in total. The summed E-state index contributed by atoms with van der Waals surface area (Å²) in [7, 11) is 3.24. The third-order valence-electron chi connectivity index (χ3n) is 7.80. The maximum atomic E-state index is 13.1. The van der Waals surface area contributed by atoms with Gasteiger partial charge in [-0.3, -0.25) is 19.6 Å². The van der Waals surface area contributed by atoms with E-state index in [2.05, 4.69) is 31.2 Å². The second-order valence-corrected chi connectivity index (χ2v) is 11.4. The summed E-state index contributed by atoms with van der Waals surface area (Å²) in [6.07, 6.45) is 4.78. The first-order valence-electron chi connectivity index (χ1n) is 15.1. The van der Waals surface area contributed by atoms with Crippen molar-refractivity contribution >= 4 is 29.1 Å². The smallest absolute Gasteiger partial charge is 0.274 e. The summed E-state index contributed by atoms with van der Waals surface area (Å²) in [5.74, 6) is 0.266. The predicted molar refractivity (Wildman–Crippen MR) is 178 cm³/mol. The van der Waals surface area contributed by atoms with E-state index in [1.807, 2.05) is 49.4 Å². The van der Waals surface area contributed by atoms with E-state index in [0.29, 0.717) is 71.9 Å². The summed E-state index contributed by atoms with van der Waals surface area (Å²) >= 11 is 6.98. The lowest BCUT2D eigenvalue weighted by molar-refractivity contribution is -0.119. The summed E-state index contributed by atoms with van der Waals surface area (Å²) in [6.45, 7) is 5.12. The van der Waals surface area contributed by atoms with Crippen molar-refractivity contribution in [2.24, 2.45) is 0 Å². The zero-order chi connectivity index (χ0) is 32.5. The van der Waals surface area contributed by atoms with Crippen molar-refractivity contribution in [1.82, 2.24) is 30.9 Å². The van der Waals surface area contributed by atoms with Gasteiger partial charge in [-0.1, -0.05) is 35.9 Å². The van der Waals surface area contributed by atoms with Crippen molar-refractivity contribution < 1.29 is 19.1 Å². The SMILES string of the molecule is COCCNCc1ccc(C(=O)Nc2cccc(-c3nccc(-c4ccc(CNCC5CCC(=O)N5)c(OC)n4)c3Cl)c2C)nc1. The van der Waals surface area contributed by atoms with Crippen LogP contribution >= 0.6 is 11.6 Å². The Bertz CT molecular complexity index is 1680. The van der Waals surface area contributed by atoms with E-state index in [-0.39, 0.29) is 17.9 Å². The zero-order valence-corrected chi connectivity index (χ0v) is 26.9. The molecule has 0 radical (unpaired) electrons. The average Bonchev–Trinajstić information content (AvgIpc) is 3.49. The van der Waals surface area contributed by atoms with Gasteiger partial charge in [0.15, 0.2) is 0 Å². The van der Waals surface area contributed by atoms with E-state index < -0.39 is 0 Å². The molecule has 0 saturated carbocycles. The number of rotatable bonds is 14. The number of anilines is 1. The van der Waals surface area contributed by atoms with E-state index in [1.165, 1.54) is 0 Å². The van der Waals surface area contributed by atoms with Crippen LogP contribution in [0.25, 0.3) is 22.5 Å². The fraction of sp³-hybridized carbons (Fsp3) is 0.324. The quantitative estimate of drug-likeness (QED) is 0.146. The molecule has 0 bridgehead atoms. The summed E-state index contributed by atoms with van der Waals surface area (Å²) < 4.78 is 10.7. The molecule has 1 fully saturated rings. The van der Waals surface area contributed by atoms with Crippen molar-refractivity contribution in [2.75, 3.05) is 39.2 Å². The van der Waals surface area contributed by atoms with Crippen LogP contribution in [0.3, 0.4) is 0 Å². The van der Waals surface area contributed by atoms with Crippen LogP contribution in [0.15, 0.2) is 60.9 Å². The van der Waals surface area contributed by atoms with Crippen LogP contribution < -0.4 is 26.0 Å². The van der Waals surface area contributed by atoms with Gasteiger partial charge in [-0.2, -0.15) is 0 Å². The summed E-state index contributed by atoms with van der Waals surface area (Å²) in [5, 5.41) is 13.0. The number of halogens is 1. The van der Waals surface area contributed by atoms with Gasteiger partial charge in [-0.25, -0.2) is 4.98 Å². The molecule has 2 amide bonds. The number of amides is 2. The van der Waals surface area contributed by atoms with Crippen LogP contribution in [0.2, 0.25) is 5.02 Å². The molecule has 1 aliphatic rings. The number of carbonyl (C=O) groups is 2. The lowest BCUT2D eigenvalue weighted by Crippen LogP contribution is -2.35. The normalized spacial score (nSPS) is 14.3. The van der Waals surface area contributed by atoms with Gasteiger partial charge in [0.2, 0.25) is 11.8 Å². The average molecular weight is 644 g/mol. The Balaban J connectivity index is 1.30. The molecule has 12 heteroatoms. The zero-order valence-electron chi connectivity index (χ0n) is 26.2. The number of hydrogen-bond donors (Lipinski definition) is 4. The van der Waals surface area contributed by atoms with Crippen molar-refractivity contribution in [3.63, 3.8) is 0 Å². The van der Waals surface area contributed by atoms with Crippen molar-refractivity contribution in [3.8, 4) is 28.4 Å². The number of benzene rings is 1. The van der Waals surface area contributed by atoms with Gasteiger partial charge in [0.25, 0.3) is 5.91 Å². The monoisotopic (exact) mass is 643 g/mol. The number of carbonyl (C=O) groups excluding carboxylic acids is 2. The van der Waals surface area contributed by atoms with Crippen LogP contribution in [0, 0.1) is 6.92 Å². The topological polar surface area (TPSA) is 139 Å². The largest absolute Gasteiger partial charge is 0.481 e. The van der Waals surface area contributed by atoms with Crippen LogP contribution in [-0.2, 0) is 22.6 Å². The van der Waals surface area contributed by atoms with Crippen LogP contribution in [0.1, 0.15) is 40.0 Å². The van der Waals surface area contributed by atoms with Crippen LogP contribution in [0.5, 0.6) is 5.88 Å². The summed E-state index contributed by atoms with van der Waals surface area (Å²) in [6, 6.07) is 15.0. The van der Waals surface area contributed by atoms with E-state index >= 15 is 0 Å². The molecule has 1 atom stereocenters. The standard InChI is InChI=1S/C34H38ClN7O4/c1-21-25(5-4-6-27(21)41-33(44)29-10-7-22(18-39-29)17-36-15-16-45-2)32-31(35)26(13-14-38-32)28-11-8-23(34(42-28)46-3)19-37-20-24-9-12-30(43)40-24/h4-8,10-11,13-14,18,24,36-37H,9,12,15-17,19-20H2,1-3H3,(H,40,43)(H,41,44). The molecule has 1 saturated heterocycles. The van der Waals surface area contributed by atoms with E-state index in [4.69, 9.17) is 26.1 Å². The molecule has 1 unspecified atom stereocenters. The number of nitrogens with one attached hydrogen (secondary N) is 4. The van der Waals surface area contributed by atoms with Gasteiger partial charge in [0.05, 0.1) is 30.1 Å². The van der Waals surface area contributed by atoms with Gasteiger partial charge in [-0.05, 0) is 48.7 Å². The Labute approximate surface area is 273 Å². The van der Waals surface area contributed by atoms with Gasteiger partial charge < -0.3 is 30.7 Å². The minimum atomic E-state index is -0.314. The molecule has 4 heterocycles. The Morgan fingerprint density at radius 3 is 2.65 bits per heavy atom. The highest BCUT2D eigenvalue weighted by Gasteiger charge is 2.21. The number of pyridine rings is 3. The number of nitrogens with zero attached hydrogens (tertiary/aromatic N) is 3. The lowest BCUT2D eigenvalue weighted by Gasteiger charge is -2.16. The Hall–Kier alpha value is -4.42. The Kier molecular flexibility index (Phi) is 11.3. The van der Waals surface area contributed by atoms with Crippen LogP contribution in [-0.4, -0.2) is 66.7 Å². The number of aromatic nitrogens is 3. The Morgan fingerprint density at radius 1 is 1.04 bits per heavy atom. The second kappa shape index (κ2) is 15.7. The number of hydrogen-bond acceptors (Lipinski definition) is 9. The summed E-state index contributed by atoms with van der Waals surface area (Å²) in [4.78, 5) is 38.2. The lowest BCUT2D eigenvalue weighted by atomic mass is 10.0. The molecular formula is C34H38ClN7O4. The van der Waals surface area contributed by atoms with Crippen LogP contribution in [0.4, 0.5) is 5.69 Å². The molecule has 46 heavy (non-hydrogen) atoms. The van der Waals surface area contributed by atoms with Gasteiger partial charge >= 0.3 is 0 Å².